The van der Waals surface area contributed by atoms with Gasteiger partial charge in [-0.15, -0.1) is 0 Å². The van der Waals surface area contributed by atoms with E-state index in [0.29, 0.717) is 5.69 Å². The normalized spacial score (nSPS) is 14.9. The van der Waals surface area contributed by atoms with Gasteiger partial charge in [0.25, 0.3) is 0 Å². The van der Waals surface area contributed by atoms with Gasteiger partial charge in [0.15, 0.2) is 0 Å². The van der Waals surface area contributed by atoms with Crippen molar-refractivity contribution in [2.45, 2.75) is 88.3 Å². The molecule has 0 N–H and O–H groups in total. The predicted octanol–water partition coefficient (Wildman–Crippen LogP) is 16.7. The lowest BCUT2D eigenvalue weighted by molar-refractivity contribution is 0.569. The molecule has 77 heavy (non-hydrogen) atoms. The smallest absolute Gasteiger partial charge is 0.249 e. The van der Waals surface area contributed by atoms with Gasteiger partial charge >= 0.3 is 0 Å². The summed E-state index contributed by atoms with van der Waals surface area (Å²) in [5.74, 6) is 0. The summed E-state index contributed by atoms with van der Waals surface area (Å²) >= 11 is 1.79. The van der Waals surface area contributed by atoms with Gasteiger partial charge in [0.05, 0.1) is 50.1 Å². The maximum atomic E-state index is 9.58. The molecule has 14 rings (SSSR count). The summed E-state index contributed by atoms with van der Waals surface area (Å²) in [4.78, 5) is 15.6. The Hall–Kier alpha value is -8.13. The minimum absolute atomic E-state index is 0.0203. The van der Waals surface area contributed by atoms with E-state index in [9.17, 15) is 5.48 Å². The number of fused-ring (bicyclic) bond motifs is 10. The Morgan fingerprint density at radius 1 is 0.442 bits per heavy atom. The summed E-state index contributed by atoms with van der Waals surface area (Å²) in [5, 5.41) is 2.40. The molecule has 0 spiro atoms. The molecule has 0 saturated heterocycles. The van der Waals surface area contributed by atoms with E-state index < -0.39 is 24.2 Å². The number of para-hydroxylation sites is 5. The zero-order valence-corrected chi connectivity index (χ0v) is 45.5. The Balaban J connectivity index is 1.13. The molecule has 4 aromatic heterocycles. The van der Waals surface area contributed by atoms with E-state index in [0.717, 1.165) is 99.4 Å². The number of aromatic nitrogens is 4. The van der Waals surface area contributed by atoms with Crippen LogP contribution in [0.1, 0.15) is 90.2 Å². The van der Waals surface area contributed by atoms with Crippen LogP contribution in [0.15, 0.2) is 210 Å². The zero-order valence-electron chi connectivity index (χ0n) is 52.7. The first-order valence-corrected chi connectivity index (χ1v) is 27.3. The van der Waals surface area contributed by atoms with E-state index in [1.54, 1.807) is 16.3 Å². The monoisotopic (exact) mass is 1020 g/mol. The SMILES string of the molecule is [2H]c1c([2H])c([2H])c2c(c1[2H])c1c([2H])c([2H])c([2H])c([2H])c1n2-c1ccc2c(c1)N(c1c(-c3cccc(C(C)(C)C)n3)cccc1-c1cccc(C(C)(C)C)n1)c1cc(C(C)(C)C)cc3c1B2c1ccc(-n2c4ccccc4c4ccccc42)cc1S3. The molecule has 0 radical (unpaired) electrons. The van der Waals surface area contributed by atoms with Crippen LogP contribution in [-0.4, -0.2) is 25.8 Å². The largest absolute Gasteiger partial charge is 0.310 e. The highest BCUT2D eigenvalue weighted by atomic mass is 32.2. The van der Waals surface area contributed by atoms with Gasteiger partial charge in [-0.25, -0.2) is 0 Å². The van der Waals surface area contributed by atoms with Gasteiger partial charge < -0.3 is 14.0 Å². The summed E-state index contributed by atoms with van der Waals surface area (Å²) in [6.45, 7) is 19.4. The van der Waals surface area contributed by atoms with Crippen LogP contribution in [0.5, 0.6) is 0 Å². The summed E-state index contributed by atoms with van der Waals surface area (Å²) in [7, 11) is 0. The van der Waals surface area contributed by atoms with E-state index >= 15 is 0 Å². The standard InChI is InChI=1S/C70H60BN5S/c1-68(2,3)43-39-61-66-63(40-43)77-62-42-45(75-58-31-16-12-23-48(58)49-24-13-17-32-59(49)75)36-38-53(62)71(66)52-37-35-44(74-56-29-14-10-21-46(56)47-22-11-15-30-57(47)74)41-60(52)76(61)67-50(54-27-19-33-64(72-54)69(4,5)6)25-18-26-51(67)55-28-20-34-65(73-55)70(7,8)9/h10-42H,1-9H3/i10D,11D,14D,15D,21D,22D,29D,30D. The number of benzene rings is 8. The van der Waals surface area contributed by atoms with E-state index in [2.05, 4.69) is 217 Å². The second-order valence-corrected chi connectivity index (χ2v) is 24.7. The first kappa shape index (κ1) is 39.3. The lowest BCUT2D eigenvalue weighted by atomic mass is 9.34. The Labute approximate surface area is 467 Å². The highest BCUT2D eigenvalue weighted by Crippen LogP contribution is 2.51. The molecule has 6 heterocycles. The fourth-order valence-electron chi connectivity index (χ4n) is 11.8. The van der Waals surface area contributed by atoms with Gasteiger partial charge in [-0.1, -0.05) is 195 Å². The molecule has 374 valence electrons. The summed E-state index contributed by atoms with van der Waals surface area (Å²) in [5.41, 5.74) is 14.9. The van der Waals surface area contributed by atoms with Gasteiger partial charge in [0.2, 0.25) is 6.71 Å². The van der Waals surface area contributed by atoms with Gasteiger partial charge in [0, 0.05) is 87.4 Å². The molecule has 0 atom stereocenters. The van der Waals surface area contributed by atoms with Crippen molar-refractivity contribution in [2.24, 2.45) is 0 Å². The van der Waals surface area contributed by atoms with Gasteiger partial charge in [-0.2, -0.15) is 0 Å². The molecule has 0 saturated carbocycles. The van der Waals surface area contributed by atoms with Crippen LogP contribution in [0.4, 0.5) is 17.1 Å². The second-order valence-electron chi connectivity index (χ2n) is 23.7. The molecule has 0 bridgehead atoms. The highest BCUT2D eigenvalue weighted by Gasteiger charge is 2.43. The van der Waals surface area contributed by atoms with Crippen molar-refractivity contribution in [3.8, 4) is 33.9 Å². The van der Waals surface area contributed by atoms with Gasteiger partial charge in [-0.3, -0.25) is 9.97 Å². The summed E-state index contributed by atoms with van der Waals surface area (Å²) in [6.07, 6.45) is 0. The van der Waals surface area contributed by atoms with Gasteiger partial charge in [-0.05, 0) is 107 Å². The lowest BCUT2D eigenvalue weighted by Gasteiger charge is -2.42. The number of hydrogen-bond donors (Lipinski definition) is 0. The molecule has 0 aliphatic carbocycles. The average Bonchev–Trinajstić information content (AvgIpc) is 2.45. The molecular weight excluding hydrogens is 954 g/mol. The number of rotatable bonds is 5. The molecule has 0 fully saturated rings. The molecular formula is C70H60BN5S. The lowest BCUT2D eigenvalue weighted by Crippen LogP contribution is -2.60. The van der Waals surface area contributed by atoms with Crippen molar-refractivity contribution in [1.82, 2.24) is 19.1 Å². The third-order valence-corrected chi connectivity index (χ3v) is 16.7. The quantitative estimate of drug-likeness (QED) is 0.161. The summed E-state index contributed by atoms with van der Waals surface area (Å²) in [6, 6.07) is 50.2. The second kappa shape index (κ2) is 17.2. The van der Waals surface area contributed by atoms with Crippen LogP contribution in [0, 0.1) is 0 Å². The molecule has 0 unspecified atom stereocenters. The minimum Gasteiger partial charge on any atom is -0.310 e. The summed E-state index contributed by atoms with van der Waals surface area (Å²) < 4.78 is 77.7. The maximum Gasteiger partial charge on any atom is 0.249 e. The van der Waals surface area contributed by atoms with Crippen LogP contribution in [0.25, 0.3) is 77.5 Å². The van der Waals surface area contributed by atoms with Crippen LogP contribution in [0.2, 0.25) is 0 Å². The number of anilines is 3. The molecule has 2 aliphatic heterocycles. The van der Waals surface area contributed by atoms with Crippen molar-refractivity contribution >= 4 is 95.5 Å². The number of pyridine rings is 2. The van der Waals surface area contributed by atoms with E-state index in [-0.39, 0.29) is 68.9 Å². The number of hydrogen-bond acceptors (Lipinski definition) is 4. The third kappa shape index (κ3) is 7.52. The first-order valence-electron chi connectivity index (χ1n) is 30.4. The van der Waals surface area contributed by atoms with Crippen LogP contribution in [-0.2, 0) is 16.2 Å². The predicted molar refractivity (Wildman–Crippen MR) is 328 cm³/mol. The van der Waals surface area contributed by atoms with E-state index in [1.165, 1.54) is 10.8 Å². The van der Waals surface area contributed by atoms with Crippen molar-refractivity contribution in [3.63, 3.8) is 0 Å². The molecule has 5 nitrogen and oxygen atoms in total. The average molecular weight is 1020 g/mol. The zero-order chi connectivity index (χ0) is 59.7. The van der Waals surface area contributed by atoms with Crippen LogP contribution in [0.3, 0.4) is 0 Å². The molecule has 12 aromatic rings. The first-order chi connectivity index (χ1) is 40.4. The molecule has 0 amide bonds. The third-order valence-electron chi connectivity index (χ3n) is 15.6. The van der Waals surface area contributed by atoms with Crippen molar-refractivity contribution in [2.75, 3.05) is 4.90 Å². The Kier molecular flexibility index (Phi) is 8.77. The number of nitrogens with zero attached hydrogens (tertiary/aromatic N) is 5. The van der Waals surface area contributed by atoms with Crippen molar-refractivity contribution in [1.29, 1.82) is 0 Å². The van der Waals surface area contributed by atoms with E-state index in [1.807, 2.05) is 6.07 Å². The fraction of sp³-hybridized carbons (Fsp3) is 0.171. The van der Waals surface area contributed by atoms with Crippen LogP contribution >= 0.6 is 11.8 Å². The van der Waals surface area contributed by atoms with Crippen molar-refractivity contribution in [3.05, 3.63) is 217 Å². The fourth-order valence-corrected chi connectivity index (χ4v) is 13.0. The van der Waals surface area contributed by atoms with Crippen molar-refractivity contribution < 1.29 is 11.0 Å². The highest BCUT2D eigenvalue weighted by molar-refractivity contribution is 8.00. The maximum absolute atomic E-state index is 9.58. The minimum atomic E-state index is -0.491. The Bertz CT molecular complexity index is 4690. The molecule has 2 aliphatic rings. The Morgan fingerprint density at radius 3 is 1.53 bits per heavy atom. The Morgan fingerprint density at radius 2 is 0.961 bits per heavy atom. The molecule has 8 aromatic carbocycles. The van der Waals surface area contributed by atoms with Gasteiger partial charge in [0.1, 0.15) is 0 Å². The van der Waals surface area contributed by atoms with Crippen LogP contribution < -0.4 is 21.3 Å². The van der Waals surface area contributed by atoms with E-state index in [4.69, 9.17) is 15.5 Å². The topological polar surface area (TPSA) is 38.9 Å². The molecule has 7 heteroatoms.